The molecule has 0 N–H and O–H groups in total. The van der Waals surface area contributed by atoms with Crippen LogP contribution in [0.15, 0.2) is 23.3 Å². The summed E-state index contributed by atoms with van der Waals surface area (Å²) in [6.07, 6.45) is 3.14. The second kappa shape index (κ2) is 55.8. The Morgan fingerprint density at radius 1 is 0.295 bits per heavy atom. The smallest absolute Gasteiger partial charge is 0.468 e. The van der Waals surface area contributed by atoms with Gasteiger partial charge < -0.3 is 94.7 Å². The quantitative estimate of drug-likeness (QED) is 0.0210. The zero-order valence-electron chi connectivity index (χ0n) is 70.4. The summed E-state index contributed by atoms with van der Waals surface area (Å²) >= 11 is 0. The molecule has 0 aliphatic rings. The summed E-state index contributed by atoms with van der Waals surface area (Å²) in [5.74, 6) is -8.74. The van der Waals surface area contributed by atoms with E-state index < -0.39 is 138 Å². The van der Waals surface area contributed by atoms with Gasteiger partial charge in [0.25, 0.3) is 0 Å². The van der Waals surface area contributed by atoms with Gasteiger partial charge in [0.05, 0.1) is 115 Å². The van der Waals surface area contributed by atoms with Crippen molar-refractivity contribution in [2.45, 2.75) is 160 Å². The summed E-state index contributed by atoms with van der Waals surface area (Å²) in [6.45, 7) is 22.1. The summed E-state index contributed by atoms with van der Waals surface area (Å²) in [6, 6.07) is 0. The number of ether oxygens (including phenoxy) is 20. The van der Waals surface area contributed by atoms with Gasteiger partial charge in [0.1, 0.15) is 50.5 Å². The predicted octanol–water partition coefficient (Wildman–Crippen LogP) is 6.35. The topological polar surface area (TPSA) is 458 Å². The third-order valence-corrected chi connectivity index (χ3v) is 17.8. The highest BCUT2D eigenvalue weighted by Gasteiger charge is 2.42. The molecule has 0 aliphatic heterocycles. The van der Waals surface area contributed by atoms with E-state index in [1.54, 1.807) is 0 Å². The van der Waals surface area contributed by atoms with E-state index in [4.69, 9.17) is 56.8 Å². The van der Waals surface area contributed by atoms with E-state index in [0.29, 0.717) is 45.1 Å². The van der Waals surface area contributed by atoms with Crippen molar-refractivity contribution in [1.29, 1.82) is 0 Å². The molecule has 0 saturated carbocycles. The Labute approximate surface area is 657 Å². The van der Waals surface area contributed by atoms with Gasteiger partial charge in [-0.15, -0.1) is 0 Å². The molecule has 644 valence electrons. The van der Waals surface area contributed by atoms with E-state index in [1.807, 2.05) is 27.7 Å². The predicted molar refractivity (Wildman–Crippen MR) is 394 cm³/mol. The number of Topliss-reactive ketones (excluding diaryl/α,β-unsaturated/α-hetero) is 6. The van der Waals surface area contributed by atoms with Gasteiger partial charge in [0.15, 0.2) is 22.8 Å². The molecule has 0 aromatic carbocycles. The summed E-state index contributed by atoms with van der Waals surface area (Å²) in [5.41, 5.74) is -7.82. The number of ketones is 6. The molecule has 0 radical (unpaired) electrons. The standard InChI is InChI=1S/C21H36O11.C21H36O9.C19H28O9.C15H24O7/c1-9-21(12-26-6,13-29-10-15(22)19(2,3)31-17(24)27-7)14-30-11-16(23)20(4,5)32-18(25)28-8;1-9-21(12-26-6,13-29-10-15(22)19(2,3)17(24)27-7)14-30-11-16(23)20(4,5)18(25)28-8;1-7-19(10-24-4,11-27-17(22)13(2)8-15(20)25-5)12-28-18(23)14(3)9-16(21)26-6;1-5-15(10-20-2,8-6-11(16)13(18)21-3)9-7-12(17)14(19)22-4/h9-14H2,1-8H3;9-14H2,1-8H3;8-9H,7,10-12H2,1-6H3;5-10H2,1-4H3/b;;13-8+,14-9+;. The molecule has 0 rings (SSSR count). The molecule has 0 unspecified atom stereocenters. The molecule has 36 nitrogen and oxygen atoms in total. The average molecular weight is 1610 g/mol. The minimum Gasteiger partial charge on any atom is -0.468 e. The van der Waals surface area contributed by atoms with Gasteiger partial charge in [0.2, 0.25) is 23.1 Å². The Kier molecular flexibility index (Phi) is 54.7. The molecular formula is C76H124O36. The van der Waals surface area contributed by atoms with E-state index >= 15 is 0 Å². The van der Waals surface area contributed by atoms with Crippen molar-refractivity contribution >= 4 is 94.8 Å². The SMILES string of the molecule is CCC(CCC(=O)C(=O)OC)(CCC(=O)C(=O)OC)COC.CCC(COC)(COC(=O)/C(C)=C/C(=O)OC)COC(=O)/C(C)=C/C(=O)OC.CCC(COC)(COCC(=O)C(C)(C)C(=O)OC)COCC(=O)C(C)(C)C(=O)OC.CCC(COC)(COCC(=O)C(C)(C)OC(=O)OC)COCC(=O)C(C)(C)OC(=O)OC. The Morgan fingerprint density at radius 3 is 0.786 bits per heavy atom. The van der Waals surface area contributed by atoms with Crippen LogP contribution in [0.4, 0.5) is 9.59 Å². The van der Waals surface area contributed by atoms with Gasteiger partial charge in [-0.25, -0.2) is 38.4 Å². The Bertz CT molecular complexity index is 2920. The Morgan fingerprint density at radius 2 is 0.554 bits per heavy atom. The van der Waals surface area contributed by atoms with Gasteiger partial charge in [-0.05, 0) is 113 Å². The van der Waals surface area contributed by atoms with Crippen molar-refractivity contribution in [1.82, 2.24) is 0 Å². The first-order chi connectivity index (χ1) is 52.1. The third-order valence-electron chi connectivity index (χ3n) is 17.8. The van der Waals surface area contributed by atoms with Crippen LogP contribution in [0.5, 0.6) is 0 Å². The van der Waals surface area contributed by atoms with Crippen molar-refractivity contribution in [3.05, 3.63) is 23.3 Å². The maximum atomic E-state index is 12.4. The van der Waals surface area contributed by atoms with Crippen LogP contribution in [0.3, 0.4) is 0 Å². The van der Waals surface area contributed by atoms with Gasteiger partial charge in [0, 0.05) is 75.4 Å². The average Bonchev–Trinajstić information content (AvgIpc) is 0.846. The minimum atomic E-state index is -1.42. The highest BCUT2D eigenvalue weighted by atomic mass is 16.7. The van der Waals surface area contributed by atoms with E-state index in [9.17, 15) is 76.7 Å². The fourth-order valence-electron chi connectivity index (χ4n) is 9.19. The van der Waals surface area contributed by atoms with Crippen LogP contribution in [0.25, 0.3) is 0 Å². The lowest BCUT2D eigenvalue weighted by molar-refractivity contribution is -0.158. The molecule has 0 amide bonds. The van der Waals surface area contributed by atoms with Crippen molar-refractivity contribution in [2.75, 3.05) is 178 Å². The number of hydrogen-bond donors (Lipinski definition) is 0. The zero-order chi connectivity index (χ0) is 87.5. The van der Waals surface area contributed by atoms with Crippen LogP contribution in [0.1, 0.15) is 148 Å². The molecule has 112 heavy (non-hydrogen) atoms. The molecule has 36 heteroatoms. The highest BCUT2D eigenvalue weighted by molar-refractivity contribution is 6.34. The van der Waals surface area contributed by atoms with E-state index in [-0.39, 0.29) is 110 Å². The largest absolute Gasteiger partial charge is 0.508 e. The van der Waals surface area contributed by atoms with Gasteiger partial charge >= 0.3 is 60.1 Å². The van der Waals surface area contributed by atoms with Crippen LogP contribution >= 0.6 is 0 Å². The van der Waals surface area contributed by atoms with Gasteiger partial charge in [-0.3, -0.25) is 38.4 Å². The molecule has 0 spiro atoms. The Balaban J connectivity index is -0.000000700. The fraction of sp³-hybridized carbons (Fsp3) is 0.737. The van der Waals surface area contributed by atoms with Crippen LogP contribution in [0.2, 0.25) is 0 Å². The van der Waals surface area contributed by atoms with E-state index in [1.165, 1.54) is 126 Å². The van der Waals surface area contributed by atoms with E-state index in [0.717, 1.165) is 40.6 Å². The van der Waals surface area contributed by atoms with Crippen molar-refractivity contribution in [3.63, 3.8) is 0 Å². The third kappa shape index (κ3) is 41.3. The monoisotopic (exact) mass is 1610 g/mol. The maximum absolute atomic E-state index is 12.4. The number of carbonyl (C=O) groups is 16. The summed E-state index contributed by atoms with van der Waals surface area (Å²) in [5, 5.41) is 0. The van der Waals surface area contributed by atoms with Gasteiger partial charge in [-0.2, -0.15) is 0 Å². The Hall–Kier alpha value is -8.52. The first-order valence-electron chi connectivity index (χ1n) is 35.3. The number of carbonyl (C=O) groups excluding carboxylic acids is 16. The van der Waals surface area contributed by atoms with Crippen LogP contribution in [-0.2, 0) is 162 Å². The molecule has 0 aromatic rings. The van der Waals surface area contributed by atoms with Gasteiger partial charge in [-0.1, -0.05) is 27.7 Å². The van der Waals surface area contributed by atoms with Crippen molar-refractivity contribution in [3.8, 4) is 0 Å². The lowest BCUT2D eigenvalue weighted by atomic mass is 9.76. The molecule has 0 aromatic heterocycles. The van der Waals surface area contributed by atoms with Crippen LogP contribution < -0.4 is 0 Å². The number of hydrogen-bond acceptors (Lipinski definition) is 36. The molecule has 0 saturated heterocycles. The number of esters is 8. The molecule has 0 fully saturated rings. The molecule has 0 bridgehead atoms. The fourth-order valence-corrected chi connectivity index (χ4v) is 9.19. The molecule has 0 atom stereocenters. The van der Waals surface area contributed by atoms with Crippen molar-refractivity contribution in [2.24, 2.45) is 32.5 Å². The summed E-state index contributed by atoms with van der Waals surface area (Å²) < 4.78 is 99.5. The highest BCUT2D eigenvalue weighted by Crippen LogP contribution is 2.35. The first-order valence-corrected chi connectivity index (χ1v) is 35.3. The zero-order valence-corrected chi connectivity index (χ0v) is 70.4. The summed E-state index contributed by atoms with van der Waals surface area (Å²) in [7, 11) is 15.5. The second-order valence-corrected chi connectivity index (χ2v) is 27.9. The lowest BCUT2D eigenvalue weighted by Crippen LogP contribution is -2.43. The number of rotatable bonds is 52. The summed E-state index contributed by atoms with van der Waals surface area (Å²) in [4.78, 5) is 187. The van der Waals surface area contributed by atoms with E-state index in [2.05, 4.69) is 37.9 Å². The van der Waals surface area contributed by atoms with Crippen LogP contribution in [-0.4, -0.2) is 284 Å². The normalized spacial score (nSPS) is 12.0. The van der Waals surface area contributed by atoms with Crippen LogP contribution in [0, 0.1) is 32.5 Å². The molecule has 0 heterocycles. The lowest BCUT2D eigenvalue weighted by Gasteiger charge is -2.32. The second-order valence-electron chi connectivity index (χ2n) is 27.9. The maximum Gasteiger partial charge on any atom is 0.508 e. The van der Waals surface area contributed by atoms with Crippen molar-refractivity contribution < 1.29 is 171 Å². The minimum absolute atomic E-state index is 0.0102. The number of methoxy groups -OCH3 is 12. The first kappa shape index (κ1) is 110. The molecule has 0 aliphatic carbocycles. The molecular weight excluding hydrogens is 1490 g/mol.